The molecule has 0 aromatic heterocycles. The molecule has 0 saturated heterocycles. The van der Waals surface area contributed by atoms with Crippen LogP contribution >= 0.6 is 23.4 Å². The van der Waals surface area contributed by atoms with Crippen molar-refractivity contribution < 1.29 is 0 Å². The van der Waals surface area contributed by atoms with Gasteiger partial charge in [0.15, 0.2) is 0 Å². The summed E-state index contributed by atoms with van der Waals surface area (Å²) in [5.41, 5.74) is 9.05. The topological polar surface area (TPSA) is 38.4 Å². The molecule has 2 nitrogen and oxygen atoms in total. The van der Waals surface area contributed by atoms with E-state index in [-0.39, 0.29) is 5.38 Å². The molecule has 4 heteroatoms. The van der Waals surface area contributed by atoms with Crippen LogP contribution < -0.4 is 5.73 Å². The van der Waals surface area contributed by atoms with Gasteiger partial charge in [0.2, 0.25) is 0 Å². The number of hydrogen-bond donors (Lipinski definition) is 1. The van der Waals surface area contributed by atoms with E-state index in [1.807, 2.05) is 18.4 Å². The molecule has 1 atom stereocenters. The highest BCUT2D eigenvalue weighted by atomic mass is 35.5. The van der Waals surface area contributed by atoms with Crippen LogP contribution in [0.4, 0.5) is 0 Å². The van der Waals surface area contributed by atoms with Gasteiger partial charge in [0.25, 0.3) is 0 Å². The third kappa shape index (κ3) is 2.62. The van der Waals surface area contributed by atoms with E-state index in [0.717, 1.165) is 22.6 Å². The summed E-state index contributed by atoms with van der Waals surface area (Å²) in [5, 5.41) is -0.122. The largest absolute Gasteiger partial charge is 0.330 e. The van der Waals surface area contributed by atoms with Gasteiger partial charge < -0.3 is 5.73 Å². The SMILES string of the molecule is NCCc1ccccc1SC1=CN=C2C1=CC=CC2Cl. The fourth-order valence-electron chi connectivity index (χ4n) is 2.29. The van der Waals surface area contributed by atoms with E-state index in [0.29, 0.717) is 6.54 Å². The first-order valence-electron chi connectivity index (χ1n) is 6.56. The van der Waals surface area contributed by atoms with Crippen molar-refractivity contribution in [3.63, 3.8) is 0 Å². The van der Waals surface area contributed by atoms with Crippen LogP contribution in [-0.2, 0) is 6.42 Å². The highest BCUT2D eigenvalue weighted by Gasteiger charge is 2.25. The monoisotopic (exact) mass is 302 g/mol. The van der Waals surface area contributed by atoms with Gasteiger partial charge in [-0.15, -0.1) is 11.6 Å². The number of aliphatic imine (C=N–C) groups is 1. The zero-order chi connectivity index (χ0) is 13.9. The summed E-state index contributed by atoms with van der Waals surface area (Å²) < 4.78 is 0. The summed E-state index contributed by atoms with van der Waals surface area (Å²) in [6.45, 7) is 0.660. The summed E-state index contributed by atoms with van der Waals surface area (Å²) in [7, 11) is 0. The van der Waals surface area contributed by atoms with E-state index in [9.17, 15) is 0 Å². The Hall–Kier alpha value is -1.29. The highest BCUT2D eigenvalue weighted by molar-refractivity contribution is 8.03. The molecule has 0 fully saturated rings. The van der Waals surface area contributed by atoms with Gasteiger partial charge in [0.1, 0.15) is 0 Å². The van der Waals surface area contributed by atoms with E-state index in [1.54, 1.807) is 11.8 Å². The molecule has 0 bridgehead atoms. The second kappa shape index (κ2) is 6.00. The van der Waals surface area contributed by atoms with E-state index >= 15 is 0 Å². The quantitative estimate of drug-likeness (QED) is 0.862. The fraction of sp³-hybridized carbons (Fsp3) is 0.188. The maximum atomic E-state index is 6.25. The van der Waals surface area contributed by atoms with Crippen LogP contribution in [0.1, 0.15) is 5.56 Å². The van der Waals surface area contributed by atoms with Crippen LogP contribution in [0.25, 0.3) is 0 Å². The lowest BCUT2D eigenvalue weighted by atomic mass is 10.0. The van der Waals surface area contributed by atoms with Gasteiger partial charge in [-0.1, -0.05) is 48.2 Å². The highest BCUT2D eigenvalue weighted by Crippen LogP contribution is 2.39. The van der Waals surface area contributed by atoms with Crippen molar-refractivity contribution in [1.82, 2.24) is 0 Å². The van der Waals surface area contributed by atoms with Crippen LogP contribution in [0.5, 0.6) is 0 Å². The molecular formula is C16H15ClN2S. The molecule has 1 aliphatic carbocycles. The molecule has 1 aliphatic heterocycles. The molecule has 20 heavy (non-hydrogen) atoms. The summed E-state index contributed by atoms with van der Waals surface area (Å²) in [4.78, 5) is 6.84. The Morgan fingerprint density at radius 1 is 1.30 bits per heavy atom. The Morgan fingerprint density at radius 2 is 2.15 bits per heavy atom. The van der Waals surface area contributed by atoms with Gasteiger partial charge in [-0.05, 0) is 24.6 Å². The molecule has 1 unspecified atom stereocenters. The average Bonchev–Trinajstić information content (AvgIpc) is 2.86. The van der Waals surface area contributed by atoms with Crippen LogP contribution in [-0.4, -0.2) is 17.6 Å². The number of hydrogen-bond acceptors (Lipinski definition) is 3. The van der Waals surface area contributed by atoms with Crippen LogP contribution in [0.3, 0.4) is 0 Å². The van der Waals surface area contributed by atoms with E-state index < -0.39 is 0 Å². The maximum Gasteiger partial charge on any atom is 0.0947 e. The lowest BCUT2D eigenvalue weighted by Crippen LogP contribution is -2.15. The zero-order valence-corrected chi connectivity index (χ0v) is 12.5. The van der Waals surface area contributed by atoms with Gasteiger partial charge in [-0.2, -0.15) is 0 Å². The molecule has 2 aliphatic rings. The molecule has 102 valence electrons. The first-order valence-corrected chi connectivity index (χ1v) is 7.82. The molecule has 1 aromatic carbocycles. The summed E-state index contributed by atoms with van der Waals surface area (Å²) >= 11 is 7.99. The number of thioether (sulfide) groups is 1. The molecule has 0 radical (unpaired) electrons. The molecule has 0 spiro atoms. The van der Waals surface area contributed by atoms with Gasteiger partial charge >= 0.3 is 0 Å². The minimum absolute atomic E-state index is 0.122. The number of allylic oxidation sites excluding steroid dienone is 4. The van der Waals surface area contributed by atoms with E-state index in [4.69, 9.17) is 17.3 Å². The Kier molecular flexibility index (Phi) is 4.10. The second-order valence-electron chi connectivity index (χ2n) is 4.62. The molecule has 1 heterocycles. The zero-order valence-electron chi connectivity index (χ0n) is 10.9. The Balaban J connectivity index is 1.84. The molecule has 2 N–H and O–H groups in total. The third-order valence-corrected chi connectivity index (χ3v) is 4.79. The predicted molar refractivity (Wildman–Crippen MR) is 87.4 cm³/mol. The number of benzene rings is 1. The van der Waals surface area contributed by atoms with E-state index in [2.05, 4.69) is 35.3 Å². The summed E-state index contributed by atoms with van der Waals surface area (Å²) in [5.74, 6) is 0. The Bertz CT molecular complexity index is 644. The van der Waals surface area contributed by atoms with Gasteiger partial charge in [0.05, 0.1) is 11.1 Å². The molecular weight excluding hydrogens is 288 g/mol. The Labute approximate surface area is 128 Å². The number of fused-ring (bicyclic) bond motifs is 1. The second-order valence-corrected chi connectivity index (χ2v) is 6.18. The number of nitrogens with two attached hydrogens (primary N) is 1. The minimum Gasteiger partial charge on any atom is -0.330 e. The number of alkyl halides is 1. The van der Waals surface area contributed by atoms with Crippen molar-refractivity contribution >= 4 is 29.1 Å². The maximum absolute atomic E-state index is 6.25. The van der Waals surface area contributed by atoms with Crippen molar-refractivity contribution in [3.8, 4) is 0 Å². The van der Waals surface area contributed by atoms with Crippen molar-refractivity contribution in [2.75, 3.05) is 6.54 Å². The molecule has 0 saturated carbocycles. The Morgan fingerprint density at radius 3 is 3.00 bits per heavy atom. The minimum atomic E-state index is -0.122. The average molecular weight is 303 g/mol. The first-order chi connectivity index (χ1) is 9.79. The molecule has 3 rings (SSSR count). The van der Waals surface area contributed by atoms with Crippen molar-refractivity contribution in [1.29, 1.82) is 0 Å². The summed E-state index contributed by atoms with van der Waals surface area (Å²) in [6.07, 6.45) is 8.83. The number of halogens is 1. The van der Waals surface area contributed by atoms with Gasteiger partial charge in [-0.25, -0.2) is 0 Å². The van der Waals surface area contributed by atoms with Gasteiger partial charge in [-0.3, -0.25) is 4.99 Å². The lowest BCUT2D eigenvalue weighted by Gasteiger charge is -2.14. The number of rotatable bonds is 4. The van der Waals surface area contributed by atoms with Crippen molar-refractivity contribution in [2.24, 2.45) is 10.7 Å². The lowest BCUT2D eigenvalue weighted by molar-refractivity contribution is 0.945. The van der Waals surface area contributed by atoms with Gasteiger partial charge in [0, 0.05) is 21.6 Å². The van der Waals surface area contributed by atoms with E-state index in [1.165, 1.54) is 10.5 Å². The van der Waals surface area contributed by atoms with Crippen LogP contribution in [0.2, 0.25) is 0 Å². The van der Waals surface area contributed by atoms with Crippen LogP contribution in [0, 0.1) is 0 Å². The number of nitrogens with zero attached hydrogens (tertiary/aromatic N) is 1. The smallest absolute Gasteiger partial charge is 0.0947 e. The standard InChI is InChI=1S/C16H15ClN2S/c17-13-6-3-5-12-15(10-19-16(12)13)20-14-7-2-1-4-11(14)8-9-18/h1-7,10,13H,8-9,18H2. The fourth-order valence-corrected chi connectivity index (χ4v) is 3.62. The van der Waals surface area contributed by atoms with Crippen molar-refractivity contribution in [2.45, 2.75) is 16.7 Å². The molecule has 1 aromatic rings. The van der Waals surface area contributed by atoms with Crippen molar-refractivity contribution in [3.05, 3.63) is 64.7 Å². The normalized spacial score (nSPS) is 20.3. The summed E-state index contributed by atoms with van der Waals surface area (Å²) in [6, 6.07) is 8.37. The molecule has 0 amide bonds. The first kappa shape index (κ1) is 13.7. The predicted octanol–water partition coefficient (Wildman–Crippen LogP) is 3.68. The van der Waals surface area contributed by atoms with Crippen LogP contribution in [0.15, 0.2) is 69.1 Å². The third-order valence-electron chi connectivity index (χ3n) is 3.27.